The van der Waals surface area contributed by atoms with E-state index in [-0.39, 0.29) is 5.78 Å². The van der Waals surface area contributed by atoms with Crippen molar-refractivity contribution in [2.75, 3.05) is 0 Å². The standard InChI is InChI=1S/C9H14FNO2/c1-6(5-8(3)12)4-7(2)9(13)11-10/h5,7H,4H2,1-3H3,(H,11,13)/b6-5+/t7-/m0/s1. The minimum Gasteiger partial charge on any atom is -0.295 e. The predicted octanol–water partition coefficient (Wildman–Crippen LogP) is 1.55. The minimum atomic E-state index is -0.656. The van der Waals surface area contributed by atoms with E-state index in [2.05, 4.69) is 0 Å². The third-order valence-corrected chi connectivity index (χ3v) is 1.62. The molecule has 0 aromatic carbocycles. The van der Waals surface area contributed by atoms with Gasteiger partial charge in [0.05, 0.1) is 0 Å². The third kappa shape index (κ3) is 5.11. The number of allylic oxidation sites excluding steroid dienone is 2. The van der Waals surface area contributed by atoms with Crippen LogP contribution in [0.3, 0.4) is 0 Å². The van der Waals surface area contributed by atoms with Crippen molar-refractivity contribution in [3.63, 3.8) is 0 Å². The second-order valence-corrected chi connectivity index (χ2v) is 3.17. The highest BCUT2D eigenvalue weighted by atomic mass is 19.2. The molecule has 0 aromatic rings. The van der Waals surface area contributed by atoms with E-state index in [1.807, 2.05) is 0 Å². The van der Waals surface area contributed by atoms with Gasteiger partial charge in [0.15, 0.2) is 5.78 Å². The number of halogens is 1. The summed E-state index contributed by atoms with van der Waals surface area (Å²) in [5.74, 6) is -1.16. The predicted molar refractivity (Wildman–Crippen MR) is 47.5 cm³/mol. The van der Waals surface area contributed by atoms with Gasteiger partial charge in [0, 0.05) is 5.92 Å². The molecule has 0 spiro atoms. The molecule has 0 fully saturated rings. The van der Waals surface area contributed by atoms with E-state index in [9.17, 15) is 14.1 Å². The van der Waals surface area contributed by atoms with Crippen LogP contribution in [0.15, 0.2) is 11.6 Å². The zero-order valence-corrected chi connectivity index (χ0v) is 8.06. The van der Waals surface area contributed by atoms with Gasteiger partial charge in [0.2, 0.25) is 0 Å². The zero-order chi connectivity index (χ0) is 10.4. The molecule has 1 amide bonds. The van der Waals surface area contributed by atoms with E-state index in [0.29, 0.717) is 6.42 Å². The van der Waals surface area contributed by atoms with E-state index in [4.69, 9.17) is 0 Å². The summed E-state index contributed by atoms with van der Waals surface area (Å²) < 4.78 is 11.7. The molecule has 0 heterocycles. The van der Waals surface area contributed by atoms with Gasteiger partial charge in [-0.15, -0.1) is 4.48 Å². The first-order chi connectivity index (χ1) is 5.97. The Hall–Kier alpha value is -1.19. The number of ketones is 1. The van der Waals surface area contributed by atoms with E-state index in [1.54, 1.807) is 13.8 Å². The van der Waals surface area contributed by atoms with Crippen LogP contribution in [-0.4, -0.2) is 11.7 Å². The summed E-state index contributed by atoms with van der Waals surface area (Å²) in [6, 6.07) is 0. The van der Waals surface area contributed by atoms with Crippen LogP contribution in [0.25, 0.3) is 0 Å². The molecule has 4 heteroatoms. The lowest BCUT2D eigenvalue weighted by molar-refractivity contribution is -0.128. The van der Waals surface area contributed by atoms with Crippen LogP contribution in [-0.2, 0) is 9.59 Å². The summed E-state index contributed by atoms with van der Waals surface area (Å²) in [6.07, 6.45) is 1.84. The van der Waals surface area contributed by atoms with Gasteiger partial charge in [-0.1, -0.05) is 12.5 Å². The normalized spacial score (nSPS) is 13.7. The molecule has 0 aromatic heterocycles. The molecule has 1 atom stereocenters. The number of nitrogens with one attached hydrogen (secondary N) is 1. The first-order valence-electron chi connectivity index (χ1n) is 4.05. The SMILES string of the molecule is CC(=O)/C=C(\C)C[C@H](C)C(=O)NF. The molecule has 1 N–H and O–H groups in total. The van der Waals surface area contributed by atoms with Gasteiger partial charge in [0.1, 0.15) is 0 Å². The van der Waals surface area contributed by atoms with Gasteiger partial charge >= 0.3 is 0 Å². The highest BCUT2D eigenvalue weighted by Crippen LogP contribution is 2.10. The van der Waals surface area contributed by atoms with Crippen LogP contribution in [0.2, 0.25) is 0 Å². The Kier molecular flexibility index (Phi) is 4.96. The molecule has 0 bridgehead atoms. The fraction of sp³-hybridized carbons (Fsp3) is 0.556. The number of carbonyl (C=O) groups excluding carboxylic acids is 2. The molecule has 0 unspecified atom stereocenters. The van der Waals surface area contributed by atoms with Crippen molar-refractivity contribution in [2.45, 2.75) is 27.2 Å². The van der Waals surface area contributed by atoms with E-state index < -0.39 is 11.8 Å². The van der Waals surface area contributed by atoms with Crippen molar-refractivity contribution in [1.82, 2.24) is 5.54 Å². The number of carbonyl (C=O) groups is 2. The monoisotopic (exact) mass is 187 g/mol. The van der Waals surface area contributed by atoms with E-state index >= 15 is 0 Å². The molecule has 0 aliphatic rings. The van der Waals surface area contributed by atoms with E-state index in [1.165, 1.54) is 13.0 Å². The Morgan fingerprint density at radius 2 is 2.00 bits per heavy atom. The first-order valence-corrected chi connectivity index (χ1v) is 4.05. The average molecular weight is 187 g/mol. The van der Waals surface area contributed by atoms with Crippen molar-refractivity contribution < 1.29 is 14.1 Å². The Morgan fingerprint density at radius 3 is 2.38 bits per heavy atom. The second kappa shape index (κ2) is 5.45. The summed E-state index contributed by atoms with van der Waals surface area (Å²) >= 11 is 0. The summed E-state index contributed by atoms with van der Waals surface area (Å²) in [5, 5.41) is 0. The van der Waals surface area contributed by atoms with Crippen LogP contribution in [0.1, 0.15) is 27.2 Å². The molecule has 0 saturated heterocycles. The maximum Gasteiger partial charge on any atom is 0.250 e. The number of hydrogen-bond donors (Lipinski definition) is 1. The molecule has 0 rings (SSSR count). The number of amides is 1. The van der Waals surface area contributed by atoms with Crippen LogP contribution in [0.4, 0.5) is 4.48 Å². The van der Waals surface area contributed by atoms with Crippen molar-refractivity contribution >= 4 is 11.7 Å². The third-order valence-electron chi connectivity index (χ3n) is 1.62. The highest BCUT2D eigenvalue weighted by Gasteiger charge is 2.12. The van der Waals surface area contributed by atoms with Crippen molar-refractivity contribution in [3.8, 4) is 0 Å². The van der Waals surface area contributed by atoms with Crippen LogP contribution >= 0.6 is 0 Å². The molecular formula is C9H14FNO2. The average Bonchev–Trinajstić information content (AvgIpc) is 2.01. The lowest BCUT2D eigenvalue weighted by Gasteiger charge is -2.07. The smallest absolute Gasteiger partial charge is 0.250 e. The van der Waals surface area contributed by atoms with E-state index in [0.717, 1.165) is 11.1 Å². The zero-order valence-electron chi connectivity index (χ0n) is 8.06. The van der Waals surface area contributed by atoms with Crippen LogP contribution < -0.4 is 5.54 Å². The topological polar surface area (TPSA) is 46.2 Å². The van der Waals surface area contributed by atoms with Gasteiger partial charge < -0.3 is 0 Å². The number of rotatable bonds is 4. The van der Waals surface area contributed by atoms with Crippen molar-refractivity contribution in [2.24, 2.45) is 5.92 Å². The van der Waals surface area contributed by atoms with Crippen molar-refractivity contribution in [3.05, 3.63) is 11.6 Å². The van der Waals surface area contributed by atoms with Gasteiger partial charge in [-0.05, 0) is 26.3 Å². The molecule has 3 nitrogen and oxygen atoms in total. The summed E-state index contributed by atoms with van der Waals surface area (Å²) in [5.41, 5.74) is 1.85. The molecular weight excluding hydrogens is 173 g/mol. The Morgan fingerprint density at radius 1 is 1.46 bits per heavy atom. The summed E-state index contributed by atoms with van der Waals surface area (Å²) in [7, 11) is 0. The van der Waals surface area contributed by atoms with Crippen LogP contribution in [0, 0.1) is 5.92 Å². The summed E-state index contributed by atoms with van der Waals surface area (Å²) in [4.78, 5) is 21.4. The first kappa shape index (κ1) is 11.8. The fourth-order valence-corrected chi connectivity index (χ4v) is 1.07. The largest absolute Gasteiger partial charge is 0.295 e. The lowest BCUT2D eigenvalue weighted by atomic mass is 10.0. The Bertz CT molecular complexity index is 236. The Balaban J connectivity index is 4.13. The molecule has 0 aliphatic carbocycles. The van der Waals surface area contributed by atoms with Gasteiger partial charge in [0.25, 0.3) is 5.91 Å². The summed E-state index contributed by atoms with van der Waals surface area (Å²) in [6.45, 7) is 4.78. The molecule has 0 aliphatic heterocycles. The minimum absolute atomic E-state index is 0.0645. The second-order valence-electron chi connectivity index (χ2n) is 3.17. The molecule has 0 saturated carbocycles. The van der Waals surface area contributed by atoms with Gasteiger partial charge in [-0.25, -0.2) is 0 Å². The van der Waals surface area contributed by atoms with Crippen LogP contribution in [0.5, 0.6) is 0 Å². The molecule has 0 radical (unpaired) electrons. The van der Waals surface area contributed by atoms with Gasteiger partial charge in [-0.3, -0.25) is 9.59 Å². The number of hydrogen-bond acceptors (Lipinski definition) is 2. The Labute approximate surface area is 76.9 Å². The lowest BCUT2D eigenvalue weighted by Crippen LogP contribution is -2.22. The maximum absolute atomic E-state index is 11.7. The maximum atomic E-state index is 11.7. The highest BCUT2D eigenvalue weighted by molar-refractivity contribution is 5.88. The fourth-order valence-electron chi connectivity index (χ4n) is 1.07. The molecule has 74 valence electrons. The van der Waals surface area contributed by atoms with Gasteiger partial charge in [-0.2, -0.15) is 5.54 Å². The quantitative estimate of drug-likeness (QED) is 0.536. The van der Waals surface area contributed by atoms with Crippen molar-refractivity contribution in [1.29, 1.82) is 0 Å². The molecule has 13 heavy (non-hydrogen) atoms.